The Balaban J connectivity index is 2.23. The summed E-state index contributed by atoms with van der Waals surface area (Å²) in [5, 5.41) is 0. The number of nitrogens with one attached hydrogen (secondary N) is 1. The third-order valence-electron chi connectivity index (χ3n) is 3.50. The van der Waals surface area contributed by atoms with E-state index in [9.17, 15) is 0 Å². The number of aromatic nitrogens is 3. The largest absolute Gasteiger partial charge is 0.329 e. The predicted octanol–water partition coefficient (Wildman–Crippen LogP) is 3.13. The molecule has 4 nitrogen and oxygen atoms in total. The van der Waals surface area contributed by atoms with Crippen molar-refractivity contribution < 1.29 is 0 Å². The molecule has 2 aromatic heterocycles. The number of aryl methyl sites for hydroxylation is 1. The van der Waals surface area contributed by atoms with Crippen LogP contribution in [0.4, 0.5) is 0 Å². The fourth-order valence-electron chi connectivity index (χ4n) is 2.37. The average Bonchev–Trinajstić information content (AvgIpc) is 2.72. The Morgan fingerprint density at radius 3 is 2.84 bits per heavy atom. The minimum Gasteiger partial charge on any atom is -0.329 e. The molecule has 0 unspecified atom stereocenters. The average molecular weight is 278 g/mol. The van der Waals surface area contributed by atoms with Crippen molar-refractivity contribution >= 4 is 23.4 Å². The normalized spacial score (nSPS) is 11.6. The van der Waals surface area contributed by atoms with Gasteiger partial charge in [0.1, 0.15) is 0 Å². The molecule has 0 amide bonds. The minimum atomic E-state index is 0.768. The van der Waals surface area contributed by atoms with Crippen LogP contribution in [-0.2, 0) is 6.54 Å². The maximum absolute atomic E-state index is 5.41. The van der Waals surface area contributed by atoms with Crippen molar-refractivity contribution in [1.82, 2.24) is 19.4 Å². The number of hydrogen-bond donors (Lipinski definition) is 1. The minimum absolute atomic E-state index is 0.768. The molecule has 1 N–H and O–H groups in total. The molecule has 0 bridgehead atoms. The summed E-state index contributed by atoms with van der Waals surface area (Å²) in [7, 11) is 0. The maximum Gasteiger partial charge on any atom is 0.179 e. The first-order valence-electron chi connectivity index (χ1n) is 6.93. The van der Waals surface area contributed by atoms with Gasteiger partial charge in [-0.05, 0) is 50.3 Å². The zero-order valence-electron chi connectivity index (χ0n) is 11.9. The highest BCUT2D eigenvalue weighted by Crippen LogP contribution is 2.15. The van der Waals surface area contributed by atoms with Gasteiger partial charge in [0.05, 0.1) is 5.52 Å². The van der Waals surface area contributed by atoms with Gasteiger partial charge in [0.15, 0.2) is 10.4 Å². The summed E-state index contributed by atoms with van der Waals surface area (Å²) in [6.07, 6.45) is 3.03. The molecule has 0 aromatic carbocycles. The van der Waals surface area contributed by atoms with Gasteiger partial charge >= 0.3 is 0 Å². The molecule has 2 rings (SSSR count). The zero-order chi connectivity index (χ0) is 13.8. The van der Waals surface area contributed by atoms with Gasteiger partial charge in [0.25, 0.3) is 0 Å². The lowest BCUT2D eigenvalue weighted by Gasteiger charge is -2.19. The van der Waals surface area contributed by atoms with Gasteiger partial charge in [-0.25, -0.2) is 4.98 Å². The van der Waals surface area contributed by atoms with Crippen LogP contribution < -0.4 is 0 Å². The van der Waals surface area contributed by atoms with E-state index < -0.39 is 0 Å². The van der Waals surface area contributed by atoms with Crippen LogP contribution >= 0.6 is 12.2 Å². The molecule has 0 aliphatic carbocycles. The smallest absolute Gasteiger partial charge is 0.179 e. The van der Waals surface area contributed by atoms with Crippen molar-refractivity contribution in [2.45, 2.75) is 33.7 Å². The topological polar surface area (TPSA) is 36.9 Å². The highest BCUT2D eigenvalue weighted by molar-refractivity contribution is 7.71. The molecule has 2 aromatic rings. The van der Waals surface area contributed by atoms with Crippen LogP contribution in [0.25, 0.3) is 11.2 Å². The summed E-state index contributed by atoms with van der Waals surface area (Å²) in [5.74, 6) is 0. The quantitative estimate of drug-likeness (QED) is 0.825. The van der Waals surface area contributed by atoms with Crippen molar-refractivity contribution in [2.75, 3.05) is 19.6 Å². The van der Waals surface area contributed by atoms with E-state index in [2.05, 4.69) is 40.2 Å². The number of hydrogen-bond acceptors (Lipinski definition) is 3. The Kier molecular flexibility index (Phi) is 4.71. The summed E-state index contributed by atoms with van der Waals surface area (Å²) >= 11 is 5.41. The van der Waals surface area contributed by atoms with Crippen LogP contribution in [0.15, 0.2) is 12.3 Å². The van der Waals surface area contributed by atoms with Gasteiger partial charge in [-0.15, -0.1) is 0 Å². The Morgan fingerprint density at radius 2 is 2.16 bits per heavy atom. The van der Waals surface area contributed by atoms with E-state index in [0.29, 0.717) is 0 Å². The van der Waals surface area contributed by atoms with E-state index in [0.717, 1.165) is 42.1 Å². The summed E-state index contributed by atoms with van der Waals surface area (Å²) in [6, 6.07) is 2.01. The number of rotatable bonds is 6. The molecule has 0 aliphatic heterocycles. The molecular formula is C14H22N4S. The number of nitrogens with zero attached hydrogens (tertiary/aromatic N) is 3. The number of pyridine rings is 1. The van der Waals surface area contributed by atoms with Crippen LogP contribution in [0.1, 0.15) is 25.8 Å². The second kappa shape index (κ2) is 6.30. The van der Waals surface area contributed by atoms with Gasteiger partial charge in [-0.1, -0.05) is 13.8 Å². The Hall–Kier alpha value is -1.20. The van der Waals surface area contributed by atoms with Crippen LogP contribution in [0.5, 0.6) is 0 Å². The molecule has 104 valence electrons. The number of imidazole rings is 1. The second-order valence-electron chi connectivity index (χ2n) is 4.84. The third kappa shape index (κ3) is 3.04. The van der Waals surface area contributed by atoms with Crippen molar-refractivity contribution in [1.29, 1.82) is 0 Å². The first-order valence-corrected chi connectivity index (χ1v) is 7.34. The Labute approximate surface area is 119 Å². The van der Waals surface area contributed by atoms with E-state index in [1.807, 2.05) is 12.3 Å². The van der Waals surface area contributed by atoms with E-state index in [-0.39, 0.29) is 0 Å². The molecule has 0 radical (unpaired) electrons. The number of fused-ring (bicyclic) bond motifs is 1. The first-order chi connectivity index (χ1) is 9.17. The van der Waals surface area contributed by atoms with E-state index in [4.69, 9.17) is 12.2 Å². The van der Waals surface area contributed by atoms with Crippen LogP contribution in [0.2, 0.25) is 0 Å². The molecule has 2 heterocycles. The molecule has 19 heavy (non-hydrogen) atoms. The van der Waals surface area contributed by atoms with Crippen LogP contribution in [-0.4, -0.2) is 39.1 Å². The highest BCUT2D eigenvalue weighted by Gasteiger charge is 2.08. The summed E-state index contributed by atoms with van der Waals surface area (Å²) in [6.45, 7) is 10.6. The Bertz CT molecular complexity index is 599. The van der Waals surface area contributed by atoms with Crippen molar-refractivity contribution in [3.63, 3.8) is 0 Å². The molecule has 0 aliphatic rings. The molecule has 0 spiro atoms. The van der Waals surface area contributed by atoms with Gasteiger partial charge in [0.2, 0.25) is 0 Å². The molecule has 0 saturated heterocycles. The Morgan fingerprint density at radius 1 is 1.37 bits per heavy atom. The summed E-state index contributed by atoms with van der Waals surface area (Å²) in [4.78, 5) is 10.2. The lowest BCUT2D eigenvalue weighted by atomic mass is 10.3. The van der Waals surface area contributed by atoms with Crippen LogP contribution in [0.3, 0.4) is 0 Å². The van der Waals surface area contributed by atoms with E-state index in [1.165, 1.54) is 12.0 Å². The van der Waals surface area contributed by atoms with Gasteiger partial charge in [-0.3, -0.25) is 0 Å². The van der Waals surface area contributed by atoms with E-state index >= 15 is 0 Å². The molecule has 0 atom stereocenters. The van der Waals surface area contributed by atoms with Crippen molar-refractivity contribution in [2.24, 2.45) is 0 Å². The highest BCUT2D eigenvalue weighted by atomic mass is 32.1. The fourth-order valence-corrected chi connectivity index (χ4v) is 2.65. The number of aromatic amines is 1. The lowest BCUT2D eigenvalue weighted by molar-refractivity contribution is 0.277. The molecular weight excluding hydrogens is 256 g/mol. The monoisotopic (exact) mass is 278 g/mol. The van der Waals surface area contributed by atoms with Gasteiger partial charge in [0, 0.05) is 19.3 Å². The lowest BCUT2D eigenvalue weighted by Crippen LogP contribution is -2.28. The zero-order valence-corrected chi connectivity index (χ0v) is 12.8. The maximum atomic E-state index is 5.41. The molecule has 0 saturated carbocycles. The SMILES string of the molecule is CCCN(CC)CCn1c(=S)[nH]c2c(C)ccnc21. The van der Waals surface area contributed by atoms with Gasteiger partial charge < -0.3 is 14.5 Å². The van der Waals surface area contributed by atoms with Crippen LogP contribution in [0, 0.1) is 11.7 Å². The molecule has 5 heteroatoms. The van der Waals surface area contributed by atoms with E-state index in [1.54, 1.807) is 0 Å². The second-order valence-corrected chi connectivity index (χ2v) is 5.23. The summed E-state index contributed by atoms with van der Waals surface area (Å²) < 4.78 is 2.88. The first kappa shape index (κ1) is 14.2. The standard InChI is InChI=1S/C14H22N4S/c1-4-8-17(5-2)9-10-18-13-12(16-14(18)19)11(3)6-7-15-13/h6-7H,4-5,8-10H2,1-3H3,(H,16,19). The summed E-state index contributed by atoms with van der Waals surface area (Å²) in [5.41, 5.74) is 3.22. The number of likely N-dealkylation sites (N-methyl/N-ethyl adjacent to an activating group) is 1. The predicted molar refractivity (Wildman–Crippen MR) is 82.1 cm³/mol. The van der Waals surface area contributed by atoms with Crippen molar-refractivity contribution in [3.8, 4) is 0 Å². The van der Waals surface area contributed by atoms with Gasteiger partial charge in [-0.2, -0.15) is 0 Å². The molecule has 0 fully saturated rings. The number of H-pyrrole nitrogens is 1. The third-order valence-corrected chi connectivity index (χ3v) is 3.82. The fraction of sp³-hybridized carbons (Fsp3) is 0.571. The van der Waals surface area contributed by atoms with Crippen molar-refractivity contribution in [3.05, 3.63) is 22.6 Å².